The molecule has 2 aromatic rings. The minimum Gasteiger partial charge on any atom is -0.480 e. The third-order valence-corrected chi connectivity index (χ3v) is 6.20. The number of fused-ring (bicyclic) bond motifs is 3. The highest BCUT2D eigenvalue weighted by Crippen LogP contribution is 2.44. The zero-order valence-corrected chi connectivity index (χ0v) is 17.7. The van der Waals surface area contributed by atoms with Gasteiger partial charge in [-0.3, -0.25) is 4.79 Å². The van der Waals surface area contributed by atoms with Gasteiger partial charge in [0, 0.05) is 12.5 Å². The van der Waals surface area contributed by atoms with E-state index in [1.165, 1.54) is 0 Å². The van der Waals surface area contributed by atoms with E-state index in [2.05, 4.69) is 5.32 Å². The monoisotopic (exact) mass is 458 g/mol. The van der Waals surface area contributed by atoms with Crippen molar-refractivity contribution in [1.82, 2.24) is 10.2 Å². The number of halogens is 2. The molecule has 1 saturated heterocycles. The van der Waals surface area contributed by atoms with Crippen molar-refractivity contribution >= 4 is 18.0 Å². The molecule has 1 fully saturated rings. The second-order valence-electron chi connectivity index (χ2n) is 8.20. The van der Waals surface area contributed by atoms with Crippen LogP contribution in [0.4, 0.5) is 13.6 Å². The van der Waals surface area contributed by atoms with Crippen molar-refractivity contribution in [2.24, 2.45) is 0 Å². The lowest BCUT2D eigenvalue weighted by molar-refractivity contribution is -0.148. The fourth-order valence-electron chi connectivity index (χ4n) is 4.62. The first kappa shape index (κ1) is 22.7. The van der Waals surface area contributed by atoms with E-state index in [-0.39, 0.29) is 25.5 Å². The summed E-state index contributed by atoms with van der Waals surface area (Å²) in [5.41, 5.74) is 4.05. The average molecular weight is 458 g/mol. The Morgan fingerprint density at radius 2 is 1.67 bits per heavy atom. The van der Waals surface area contributed by atoms with E-state index in [0.29, 0.717) is 6.42 Å². The normalized spacial score (nSPS) is 18.0. The van der Waals surface area contributed by atoms with Gasteiger partial charge in [-0.1, -0.05) is 48.5 Å². The molecule has 1 unspecified atom stereocenters. The second kappa shape index (κ2) is 9.56. The van der Waals surface area contributed by atoms with Crippen LogP contribution in [0.3, 0.4) is 0 Å². The van der Waals surface area contributed by atoms with Gasteiger partial charge in [0.2, 0.25) is 5.91 Å². The van der Waals surface area contributed by atoms with Crippen LogP contribution in [0.2, 0.25) is 0 Å². The van der Waals surface area contributed by atoms with Gasteiger partial charge in [-0.25, -0.2) is 18.4 Å². The van der Waals surface area contributed by atoms with Crippen LogP contribution < -0.4 is 5.32 Å². The van der Waals surface area contributed by atoms with Gasteiger partial charge in [0.15, 0.2) is 0 Å². The van der Waals surface area contributed by atoms with Crippen LogP contribution in [0.5, 0.6) is 0 Å². The lowest BCUT2D eigenvalue weighted by Gasteiger charge is -2.24. The van der Waals surface area contributed by atoms with E-state index >= 15 is 0 Å². The number of likely N-dealkylation sites (tertiary alicyclic amines) is 1. The van der Waals surface area contributed by atoms with Gasteiger partial charge in [-0.15, -0.1) is 0 Å². The van der Waals surface area contributed by atoms with Crippen LogP contribution in [0.15, 0.2) is 48.5 Å². The number of alkyl halides is 2. The number of amides is 2. The zero-order valence-electron chi connectivity index (χ0n) is 17.7. The van der Waals surface area contributed by atoms with Gasteiger partial charge in [0.05, 0.1) is 6.42 Å². The molecule has 0 saturated carbocycles. The predicted octanol–water partition coefficient (Wildman–Crippen LogP) is 3.62. The number of aliphatic carboxylic acids is 1. The Hall–Kier alpha value is -3.49. The maximum absolute atomic E-state index is 13.5. The zero-order chi connectivity index (χ0) is 23.5. The largest absolute Gasteiger partial charge is 0.480 e. The fourth-order valence-corrected chi connectivity index (χ4v) is 4.62. The van der Waals surface area contributed by atoms with E-state index in [1.807, 2.05) is 48.5 Å². The molecule has 2 N–H and O–H groups in total. The highest BCUT2D eigenvalue weighted by Gasteiger charge is 2.37. The van der Waals surface area contributed by atoms with Gasteiger partial charge in [0.25, 0.3) is 6.43 Å². The molecule has 1 aliphatic carbocycles. The van der Waals surface area contributed by atoms with Crippen LogP contribution in [-0.4, -0.2) is 59.6 Å². The van der Waals surface area contributed by atoms with E-state index in [0.717, 1.165) is 27.2 Å². The van der Waals surface area contributed by atoms with Gasteiger partial charge in [-0.2, -0.15) is 0 Å². The molecule has 174 valence electrons. The summed E-state index contributed by atoms with van der Waals surface area (Å²) in [6.07, 6.45) is -4.00. The fraction of sp³-hybridized carbons (Fsp3) is 0.375. The van der Waals surface area contributed by atoms with Gasteiger partial charge in [0.1, 0.15) is 18.7 Å². The van der Waals surface area contributed by atoms with Crippen molar-refractivity contribution in [2.45, 2.75) is 43.7 Å². The molecule has 9 heteroatoms. The number of carbonyl (C=O) groups is 3. The first-order valence-corrected chi connectivity index (χ1v) is 10.8. The number of hydrogen-bond acceptors (Lipinski definition) is 4. The number of nitrogens with one attached hydrogen (secondary N) is 1. The maximum Gasteiger partial charge on any atom is 0.407 e. The Balaban J connectivity index is 1.38. The highest BCUT2D eigenvalue weighted by atomic mass is 19.3. The maximum atomic E-state index is 13.5. The molecule has 1 aliphatic heterocycles. The number of carboxylic acid groups (broad SMARTS) is 1. The molecule has 2 amide bonds. The number of nitrogens with zero attached hydrogens (tertiary/aromatic N) is 1. The molecule has 1 heterocycles. The minimum atomic E-state index is -3.01. The van der Waals surface area contributed by atoms with Crippen LogP contribution >= 0.6 is 0 Å². The number of ether oxygens (including phenoxy) is 1. The van der Waals surface area contributed by atoms with E-state index in [9.17, 15) is 28.3 Å². The molecular formula is C24H24F2N2O5. The van der Waals surface area contributed by atoms with E-state index in [4.69, 9.17) is 4.74 Å². The van der Waals surface area contributed by atoms with Crippen LogP contribution in [0.25, 0.3) is 11.1 Å². The van der Waals surface area contributed by atoms with Crippen molar-refractivity contribution < 1.29 is 33.0 Å². The number of benzene rings is 2. The third kappa shape index (κ3) is 4.67. The number of rotatable bonds is 7. The molecule has 33 heavy (non-hydrogen) atoms. The Morgan fingerprint density at radius 3 is 2.24 bits per heavy atom. The summed E-state index contributed by atoms with van der Waals surface area (Å²) in [5.74, 6) is -2.13. The summed E-state index contributed by atoms with van der Waals surface area (Å²) in [5, 5.41) is 11.3. The Morgan fingerprint density at radius 1 is 1.06 bits per heavy atom. The predicted molar refractivity (Wildman–Crippen MR) is 115 cm³/mol. The molecule has 0 radical (unpaired) electrons. The van der Waals surface area contributed by atoms with Crippen LogP contribution in [0.1, 0.15) is 36.3 Å². The Bertz CT molecular complexity index is 1020. The summed E-state index contributed by atoms with van der Waals surface area (Å²) in [4.78, 5) is 37.1. The van der Waals surface area contributed by atoms with Crippen molar-refractivity contribution in [3.05, 3.63) is 59.7 Å². The molecule has 0 spiro atoms. The number of carboxylic acids is 1. The molecule has 0 bridgehead atoms. The number of carbonyl (C=O) groups excluding carboxylic acids is 2. The molecular weight excluding hydrogens is 434 g/mol. The lowest BCUT2D eigenvalue weighted by atomic mass is 9.98. The SMILES string of the molecule is O=C(NC(CC(=O)N1CCC[C@@H]1C(=O)O)C(F)F)OCC1c2ccccc2-c2ccccc21. The van der Waals surface area contributed by atoms with Crippen molar-refractivity contribution in [3.63, 3.8) is 0 Å². The molecule has 7 nitrogen and oxygen atoms in total. The smallest absolute Gasteiger partial charge is 0.407 e. The van der Waals surface area contributed by atoms with Gasteiger partial charge >= 0.3 is 12.1 Å². The number of alkyl carbamates (subject to hydrolysis) is 1. The van der Waals surface area contributed by atoms with Gasteiger partial charge in [-0.05, 0) is 35.1 Å². The molecule has 2 aromatic carbocycles. The standard InChI is InChI=1S/C24H24F2N2O5/c25-22(26)19(12-21(29)28-11-5-10-20(28)23(30)31)27-24(32)33-13-18-16-8-3-1-6-14(16)15-7-2-4-9-17(15)18/h1-4,6-9,18-20,22H,5,10-13H2,(H,27,32)(H,30,31)/t19?,20-/m1/s1. The molecule has 0 aromatic heterocycles. The van der Waals surface area contributed by atoms with E-state index in [1.54, 1.807) is 0 Å². The number of hydrogen-bond donors (Lipinski definition) is 2. The van der Waals surface area contributed by atoms with E-state index < -0.39 is 42.9 Å². The summed E-state index contributed by atoms with van der Waals surface area (Å²) in [7, 11) is 0. The lowest BCUT2D eigenvalue weighted by Crippen LogP contribution is -2.47. The summed E-state index contributed by atoms with van der Waals surface area (Å²) < 4.78 is 32.4. The van der Waals surface area contributed by atoms with Crippen LogP contribution in [0, 0.1) is 0 Å². The first-order chi connectivity index (χ1) is 15.9. The van der Waals surface area contributed by atoms with Crippen molar-refractivity contribution in [1.29, 1.82) is 0 Å². The molecule has 2 atom stereocenters. The van der Waals surface area contributed by atoms with Crippen molar-refractivity contribution in [3.8, 4) is 11.1 Å². The first-order valence-electron chi connectivity index (χ1n) is 10.8. The minimum absolute atomic E-state index is 0.0447. The second-order valence-corrected chi connectivity index (χ2v) is 8.20. The van der Waals surface area contributed by atoms with Crippen molar-refractivity contribution in [2.75, 3.05) is 13.2 Å². The summed E-state index contributed by atoms with van der Waals surface area (Å²) >= 11 is 0. The summed E-state index contributed by atoms with van der Waals surface area (Å²) in [6, 6.07) is 12.7. The quantitative estimate of drug-likeness (QED) is 0.661. The van der Waals surface area contributed by atoms with Gasteiger partial charge < -0.3 is 20.1 Å². The highest BCUT2D eigenvalue weighted by molar-refractivity contribution is 5.85. The molecule has 2 aliphatic rings. The Labute approximate surface area is 189 Å². The van der Waals surface area contributed by atoms with Crippen LogP contribution in [-0.2, 0) is 14.3 Å². The topological polar surface area (TPSA) is 95.9 Å². The third-order valence-electron chi connectivity index (χ3n) is 6.20. The Kier molecular flexibility index (Phi) is 6.57. The molecule has 4 rings (SSSR count). The average Bonchev–Trinajstić information content (AvgIpc) is 3.41. The summed E-state index contributed by atoms with van der Waals surface area (Å²) in [6.45, 7) is 0.147.